The van der Waals surface area contributed by atoms with Gasteiger partial charge < -0.3 is 15.8 Å². The molecule has 3 N–H and O–H groups in total. The van der Waals surface area contributed by atoms with Crippen LogP contribution >= 0.6 is 11.3 Å². The van der Waals surface area contributed by atoms with Crippen molar-refractivity contribution in [3.8, 4) is 0 Å². The van der Waals surface area contributed by atoms with Crippen LogP contribution in [-0.2, 0) is 22.4 Å². The van der Waals surface area contributed by atoms with Gasteiger partial charge in [-0.05, 0) is 25.7 Å². The van der Waals surface area contributed by atoms with Gasteiger partial charge in [0.25, 0.3) is 0 Å². The van der Waals surface area contributed by atoms with Crippen LogP contribution in [0.3, 0.4) is 0 Å². The lowest BCUT2D eigenvalue weighted by atomic mass is 9.48. The number of ether oxygens (including phenoxy) is 1. The van der Waals surface area contributed by atoms with Crippen LogP contribution in [0, 0.1) is 11.3 Å². The summed E-state index contributed by atoms with van der Waals surface area (Å²) in [5.41, 5.74) is 6.49. The van der Waals surface area contributed by atoms with Gasteiger partial charge in [-0.1, -0.05) is 13.8 Å². The number of hydrogen-bond donors (Lipinski definition) is 2. The predicted octanol–water partition coefficient (Wildman–Crippen LogP) is 1.71. The van der Waals surface area contributed by atoms with Gasteiger partial charge in [0.15, 0.2) is 5.13 Å². The van der Waals surface area contributed by atoms with Gasteiger partial charge in [-0.3, -0.25) is 4.79 Å². The molecule has 21 heavy (non-hydrogen) atoms. The van der Waals surface area contributed by atoms with Crippen LogP contribution in [0.4, 0.5) is 5.13 Å². The van der Waals surface area contributed by atoms with E-state index < -0.39 is 5.54 Å². The van der Waals surface area contributed by atoms with Gasteiger partial charge in [0.05, 0.1) is 11.8 Å². The normalized spacial score (nSPS) is 36.0. The van der Waals surface area contributed by atoms with E-state index in [1.54, 1.807) is 11.3 Å². The molecule has 2 fully saturated rings. The Morgan fingerprint density at radius 1 is 1.48 bits per heavy atom. The van der Waals surface area contributed by atoms with Crippen molar-refractivity contribution in [2.45, 2.75) is 51.2 Å². The second-order valence-corrected chi connectivity index (χ2v) is 8.06. The second-order valence-electron chi connectivity index (χ2n) is 6.97. The number of carbonyl (C=O) groups excluding carboxylic acids is 1. The molecular formula is C15H21N3O2S. The number of fused-ring (bicyclic) bond motifs is 2. The van der Waals surface area contributed by atoms with E-state index in [1.165, 1.54) is 11.3 Å². The van der Waals surface area contributed by atoms with Gasteiger partial charge in [0.1, 0.15) is 5.54 Å². The first-order valence-corrected chi connectivity index (χ1v) is 8.47. The lowest BCUT2D eigenvalue weighted by Crippen LogP contribution is -2.79. The minimum Gasteiger partial charge on any atom is -0.377 e. The maximum atomic E-state index is 12.8. The monoisotopic (exact) mass is 307 g/mol. The number of anilines is 1. The van der Waals surface area contributed by atoms with E-state index in [4.69, 9.17) is 10.5 Å². The van der Waals surface area contributed by atoms with Crippen molar-refractivity contribution in [3.05, 3.63) is 10.6 Å². The van der Waals surface area contributed by atoms with E-state index in [-0.39, 0.29) is 23.3 Å². The summed E-state index contributed by atoms with van der Waals surface area (Å²) in [4.78, 5) is 18.6. The fourth-order valence-corrected chi connectivity index (χ4v) is 5.33. The molecule has 1 aliphatic heterocycles. The Hall–Kier alpha value is -0.980. The first kappa shape index (κ1) is 13.7. The van der Waals surface area contributed by atoms with Gasteiger partial charge in [-0.2, -0.15) is 0 Å². The highest BCUT2D eigenvalue weighted by Gasteiger charge is 2.71. The van der Waals surface area contributed by atoms with Crippen molar-refractivity contribution in [3.63, 3.8) is 0 Å². The lowest BCUT2D eigenvalue weighted by Gasteiger charge is -2.60. The molecule has 1 aromatic rings. The zero-order valence-electron chi connectivity index (χ0n) is 12.4. The molecule has 1 aromatic heterocycles. The molecular weight excluding hydrogens is 286 g/mol. The third kappa shape index (κ3) is 1.64. The molecule has 114 valence electrons. The molecule has 3 unspecified atom stereocenters. The lowest BCUT2D eigenvalue weighted by molar-refractivity contribution is -0.170. The quantitative estimate of drug-likeness (QED) is 0.872. The van der Waals surface area contributed by atoms with Crippen molar-refractivity contribution in [2.24, 2.45) is 17.1 Å². The van der Waals surface area contributed by atoms with E-state index in [2.05, 4.69) is 10.3 Å². The summed E-state index contributed by atoms with van der Waals surface area (Å²) in [7, 11) is 0. The highest BCUT2D eigenvalue weighted by molar-refractivity contribution is 7.15. The summed E-state index contributed by atoms with van der Waals surface area (Å²) in [6.45, 7) is 4.76. The molecule has 5 nitrogen and oxygen atoms in total. The van der Waals surface area contributed by atoms with Crippen LogP contribution in [0.5, 0.6) is 0 Å². The zero-order valence-corrected chi connectivity index (χ0v) is 13.3. The topological polar surface area (TPSA) is 77.2 Å². The minimum atomic E-state index is -0.857. The Kier molecular flexibility index (Phi) is 2.78. The Bertz CT molecular complexity index is 591. The third-order valence-electron chi connectivity index (χ3n) is 5.65. The maximum absolute atomic E-state index is 12.8. The SMILES string of the molecule is CC1(C)C2OCCC2C1(N)C(=O)Nc1nc2c(s1)CCC2. The summed E-state index contributed by atoms with van der Waals surface area (Å²) in [6, 6.07) is 0. The number of nitrogens with zero attached hydrogens (tertiary/aromatic N) is 1. The Morgan fingerprint density at radius 2 is 2.29 bits per heavy atom. The predicted molar refractivity (Wildman–Crippen MR) is 81.3 cm³/mol. The maximum Gasteiger partial charge on any atom is 0.247 e. The Balaban J connectivity index is 1.56. The van der Waals surface area contributed by atoms with Crippen molar-refractivity contribution < 1.29 is 9.53 Å². The van der Waals surface area contributed by atoms with Crippen LogP contribution in [0.1, 0.15) is 37.3 Å². The fourth-order valence-electron chi connectivity index (χ4n) is 4.29. The number of rotatable bonds is 2. The largest absolute Gasteiger partial charge is 0.377 e. The summed E-state index contributed by atoms with van der Waals surface area (Å²) in [5, 5.41) is 3.67. The van der Waals surface area contributed by atoms with Gasteiger partial charge in [0, 0.05) is 22.8 Å². The van der Waals surface area contributed by atoms with Gasteiger partial charge in [-0.25, -0.2) is 4.98 Å². The Labute approximate surface area is 128 Å². The molecule has 4 rings (SSSR count). The molecule has 1 saturated carbocycles. The van der Waals surface area contributed by atoms with Crippen molar-refractivity contribution in [2.75, 3.05) is 11.9 Å². The van der Waals surface area contributed by atoms with E-state index in [9.17, 15) is 4.79 Å². The highest BCUT2D eigenvalue weighted by atomic mass is 32.1. The molecule has 0 bridgehead atoms. The average Bonchev–Trinajstić information content (AvgIpc) is 3.11. The number of nitrogens with one attached hydrogen (secondary N) is 1. The number of thiazole rings is 1. The number of nitrogens with two attached hydrogens (primary N) is 1. The standard InChI is InChI=1S/C15H21N3O2S/c1-14(2)11-8(6-7-20-11)15(14,16)12(19)18-13-17-9-4-3-5-10(9)21-13/h8,11H,3-7,16H2,1-2H3,(H,17,18,19). The molecule has 2 heterocycles. The van der Waals surface area contributed by atoms with Crippen LogP contribution in [0.15, 0.2) is 0 Å². The first-order chi connectivity index (χ1) is 9.94. The molecule has 3 atom stereocenters. The summed E-state index contributed by atoms with van der Waals surface area (Å²) in [6.07, 6.45) is 4.26. The highest BCUT2D eigenvalue weighted by Crippen LogP contribution is 2.58. The summed E-state index contributed by atoms with van der Waals surface area (Å²) < 4.78 is 5.74. The number of carbonyl (C=O) groups is 1. The number of aryl methyl sites for hydroxylation is 2. The molecule has 3 aliphatic rings. The summed E-state index contributed by atoms with van der Waals surface area (Å²) in [5.74, 6) is 0.0194. The van der Waals surface area contributed by atoms with Crippen LogP contribution in [0.2, 0.25) is 0 Å². The van der Waals surface area contributed by atoms with Crippen molar-refractivity contribution in [1.29, 1.82) is 0 Å². The molecule has 0 radical (unpaired) electrons. The molecule has 1 amide bonds. The number of amides is 1. The van der Waals surface area contributed by atoms with E-state index in [1.807, 2.05) is 13.8 Å². The minimum absolute atomic E-state index is 0.105. The van der Waals surface area contributed by atoms with Crippen LogP contribution < -0.4 is 11.1 Å². The number of aromatic nitrogens is 1. The Morgan fingerprint density at radius 3 is 3.05 bits per heavy atom. The molecule has 2 aliphatic carbocycles. The molecule has 0 aromatic carbocycles. The van der Waals surface area contributed by atoms with Crippen molar-refractivity contribution in [1.82, 2.24) is 4.98 Å². The van der Waals surface area contributed by atoms with Gasteiger partial charge in [0.2, 0.25) is 5.91 Å². The molecule has 6 heteroatoms. The summed E-state index contributed by atoms with van der Waals surface area (Å²) >= 11 is 1.60. The van der Waals surface area contributed by atoms with Gasteiger partial charge >= 0.3 is 0 Å². The smallest absolute Gasteiger partial charge is 0.247 e. The van der Waals surface area contributed by atoms with Crippen molar-refractivity contribution >= 4 is 22.4 Å². The van der Waals surface area contributed by atoms with E-state index in [0.29, 0.717) is 11.7 Å². The van der Waals surface area contributed by atoms with Gasteiger partial charge in [-0.15, -0.1) is 11.3 Å². The van der Waals surface area contributed by atoms with E-state index in [0.717, 1.165) is 25.0 Å². The molecule has 0 spiro atoms. The second kappa shape index (κ2) is 4.27. The third-order valence-corrected chi connectivity index (χ3v) is 6.72. The average molecular weight is 307 g/mol. The zero-order chi connectivity index (χ0) is 14.8. The van der Waals surface area contributed by atoms with Crippen LogP contribution in [0.25, 0.3) is 0 Å². The van der Waals surface area contributed by atoms with E-state index >= 15 is 0 Å². The fraction of sp³-hybridized carbons (Fsp3) is 0.733. The molecule has 1 saturated heterocycles. The first-order valence-electron chi connectivity index (χ1n) is 7.65. The van der Waals surface area contributed by atoms with Crippen LogP contribution in [-0.4, -0.2) is 29.1 Å². The number of hydrogen-bond acceptors (Lipinski definition) is 5.